The molecule has 0 atom stereocenters. The summed E-state index contributed by atoms with van der Waals surface area (Å²) < 4.78 is 53.6. The van der Waals surface area contributed by atoms with Gasteiger partial charge >= 0.3 is 5.97 Å². The van der Waals surface area contributed by atoms with Crippen LogP contribution in [0.3, 0.4) is 0 Å². The molecule has 0 bridgehead atoms. The van der Waals surface area contributed by atoms with Crippen molar-refractivity contribution in [2.24, 2.45) is 0 Å². The van der Waals surface area contributed by atoms with Crippen molar-refractivity contribution in [2.75, 3.05) is 0 Å². The maximum absolute atomic E-state index is 14.3. The van der Waals surface area contributed by atoms with E-state index in [1.165, 1.54) is 12.1 Å². The average molecular weight is 394 g/mol. The van der Waals surface area contributed by atoms with Crippen molar-refractivity contribution in [1.82, 2.24) is 0 Å². The highest BCUT2D eigenvalue weighted by molar-refractivity contribution is 5.66. The van der Waals surface area contributed by atoms with Gasteiger partial charge in [-0.25, -0.2) is 13.2 Å². The zero-order valence-electron chi connectivity index (χ0n) is 15.7. The van der Waals surface area contributed by atoms with E-state index >= 15 is 0 Å². The SMILES string of the molecule is CC1(C)Cc2cc(F)cc(COc3c(F)cc(CCCC(=O)O)cc3F)c2O1. The molecule has 0 amide bonds. The third-order valence-corrected chi connectivity index (χ3v) is 4.49. The monoisotopic (exact) mass is 394 g/mol. The van der Waals surface area contributed by atoms with Crippen LogP contribution in [0.2, 0.25) is 0 Å². The van der Waals surface area contributed by atoms with Crippen LogP contribution in [0, 0.1) is 17.5 Å². The molecule has 28 heavy (non-hydrogen) atoms. The van der Waals surface area contributed by atoms with Gasteiger partial charge in [-0.2, -0.15) is 0 Å². The van der Waals surface area contributed by atoms with Crippen molar-refractivity contribution in [3.8, 4) is 11.5 Å². The van der Waals surface area contributed by atoms with Crippen LogP contribution < -0.4 is 9.47 Å². The summed E-state index contributed by atoms with van der Waals surface area (Å²) >= 11 is 0. The second-order valence-electron chi connectivity index (χ2n) is 7.52. The lowest BCUT2D eigenvalue weighted by atomic mass is 10.0. The maximum Gasteiger partial charge on any atom is 0.303 e. The molecule has 2 aromatic carbocycles. The Hall–Kier alpha value is -2.70. The van der Waals surface area contributed by atoms with Crippen LogP contribution >= 0.6 is 0 Å². The molecule has 1 N–H and O–H groups in total. The highest BCUT2D eigenvalue weighted by atomic mass is 19.1. The summed E-state index contributed by atoms with van der Waals surface area (Å²) in [6.45, 7) is 3.50. The molecule has 0 saturated heterocycles. The number of carboxylic acids is 1. The van der Waals surface area contributed by atoms with Gasteiger partial charge in [-0.15, -0.1) is 0 Å². The Labute approximate surface area is 160 Å². The molecule has 1 aliphatic rings. The second kappa shape index (κ2) is 7.73. The minimum absolute atomic E-state index is 0.0808. The van der Waals surface area contributed by atoms with Crippen molar-refractivity contribution in [3.63, 3.8) is 0 Å². The minimum atomic E-state index is -0.964. The predicted molar refractivity (Wildman–Crippen MR) is 96.1 cm³/mol. The Morgan fingerprint density at radius 1 is 1.18 bits per heavy atom. The van der Waals surface area contributed by atoms with Crippen molar-refractivity contribution in [1.29, 1.82) is 0 Å². The summed E-state index contributed by atoms with van der Waals surface area (Å²) in [6.07, 6.45) is 0.959. The Balaban J connectivity index is 1.75. The standard InChI is InChI=1S/C21H21F3O4/c1-21(2)10-13-8-15(22)9-14(19(13)28-21)11-27-20-16(23)6-12(7-17(20)24)4-3-5-18(25)26/h6-9H,3-5,10-11H2,1-2H3,(H,25,26). The predicted octanol–water partition coefficient (Wildman–Crippen LogP) is 4.80. The number of rotatable bonds is 7. The smallest absolute Gasteiger partial charge is 0.303 e. The molecule has 0 radical (unpaired) electrons. The zero-order chi connectivity index (χ0) is 20.5. The first-order chi connectivity index (χ1) is 13.1. The Kier molecular flexibility index (Phi) is 5.54. The van der Waals surface area contributed by atoms with Crippen LogP contribution in [0.15, 0.2) is 24.3 Å². The molecule has 3 rings (SSSR count). The van der Waals surface area contributed by atoms with Crippen molar-refractivity contribution in [2.45, 2.75) is 51.7 Å². The van der Waals surface area contributed by atoms with E-state index < -0.39 is 34.8 Å². The van der Waals surface area contributed by atoms with Gasteiger partial charge in [0.2, 0.25) is 0 Å². The van der Waals surface area contributed by atoms with E-state index in [1.807, 2.05) is 13.8 Å². The van der Waals surface area contributed by atoms with E-state index in [0.717, 1.165) is 12.1 Å². The number of benzene rings is 2. The summed E-state index contributed by atoms with van der Waals surface area (Å²) in [7, 11) is 0. The molecule has 0 aliphatic carbocycles. The first-order valence-electron chi connectivity index (χ1n) is 8.97. The topological polar surface area (TPSA) is 55.8 Å². The van der Waals surface area contributed by atoms with E-state index in [1.54, 1.807) is 0 Å². The van der Waals surface area contributed by atoms with E-state index in [-0.39, 0.29) is 25.9 Å². The fourth-order valence-corrected chi connectivity index (χ4v) is 3.34. The van der Waals surface area contributed by atoms with E-state index in [9.17, 15) is 18.0 Å². The molecule has 150 valence electrons. The van der Waals surface area contributed by atoms with Gasteiger partial charge < -0.3 is 14.6 Å². The van der Waals surface area contributed by atoms with Crippen LogP contribution in [-0.4, -0.2) is 16.7 Å². The summed E-state index contributed by atoms with van der Waals surface area (Å²) in [5.41, 5.74) is 0.933. The summed E-state index contributed by atoms with van der Waals surface area (Å²) in [5, 5.41) is 8.64. The first kappa shape index (κ1) is 20.0. The largest absolute Gasteiger partial charge is 0.487 e. The number of carboxylic acid groups (broad SMARTS) is 1. The molecule has 7 heteroatoms. The molecule has 0 aromatic heterocycles. The number of hydrogen-bond donors (Lipinski definition) is 1. The normalized spacial score (nSPS) is 14.5. The molecule has 2 aromatic rings. The van der Waals surface area contributed by atoms with Gasteiger partial charge in [0.15, 0.2) is 17.4 Å². The maximum atomic E-state index is 14.3. The molecular formula is C21H21F3O4. The van der Waals surface area contributed by atoms with Gasteiger partial charge in [0.05, 0.1) is 0 Å². The number of aliphatic carboxylic acids is 1. The fourth-order valence-electron chi connectivity index (χ4n) is 3.34. The van der Waals surface area contributed by atoms with Crippen LogP contribution in [0.4, 0.5) is 13.2 Å². The van der Waals surface area contributed by atoms with Crippen LogP contribution in [0.25, 0.3) is 0 Å². The second-order valence-corrected chi connectivity index (χ2v) is 7.52. The van der Waals surface area contributed by atoms with Crippen LogP contribution in [0.5, 0.6) is 11.5 Å². The third-order valence-electron chi connectivity index (χ3n) is 4.49. The van der Waals surface area contributed by atoms with Gasteiger partial charge in [-0.3, -0.25) is 4.79 Å². The molecular weight excluding hydrogens is 373 g/mol. The molecule has 1 aliphatic heterocycles. The highest BCUT2D eigenvalue weighted by Gasteiger charge is 2.32. The average Bonchev–Trinajstić information content (AvgIpc) is 2.87. The minimum Gasteiger partial charge on any atom is -0.487 e. The van der Waals surface area contributed by atoms with Crippen molar-refractivity contribution < 1.29 is 32.5 Å². The van der Waals surface area contributed by atoms with Crippen LogP contribution in [-0.2, 0) is 24.2 Å². The summed E-state index contributed by atoms with van der Waals surface area (Å²) in [4.78, 5) is 10.5. The molecule has 4 nitrogen and oxygen atoms in total. The Morgan fingerprint density at radius 2 is 1.86 bits per heavy atom. The molecule has 0 unspecified atom stereocenters. The van der Waals surface area contributed by atoms with Crippen molar-refractivity contribution in [3.05, 3.63) is 58.4 Å². The lowest BCUT2D eigenvalue weighted by Crippen LogP contribution is -2.25. The molecule has 0 saturated carbocycles. The Bertz CT molecular complexity index is 886. The van der Waals surface area contributed by atoms with Gasteiger partial charge in [-0.05, 0) is 56.5 Å². The number of halogens is 3. The number of hydrogen-bond acceptors (Lipinski definition) is 3. The number of carbonyl (C=O) groups is 1. The van der Waals surface area contributed by atoms with Gasteiger partial charge in [0, 0.05) is 24.0 Å². The lowest BCUT2D eigenvalue weighted by molar-refractivity contribution is -0.137. The quantitative estimate of drug-likeness (QED) is 0.733. The van der Waals surface area contributed by atoms with E-state index in [2.05, 4.69) is 0 Å². The molecule has 1 heterocycles. The number of ether oxygens (including phenoxy) is 2. The number of fused-ring (bicyclic) bond motifs is 1. The first-order valence-corrected chi connectivity index (χ1v) is 8.97. The third kappa shape index (κ3) is 4.58. The fraction of sp³-hybridized carbons (Fsp3) is 0.381. The van der Waals surface area contributed by atoms with Crippen molar-refractivity contribution >= 4 is 5.97 Å². The van der Waals surface area contributed by atoms with Gasteiger partial charge in [-0.1, -0.05) is 0 Å². The highest BCUT2D eigenvalue weighted by Crippen LogP contribution is 2.39. The molecule has 0 spiro atoms. The lowest BCUT2D eigenvalue weighted by Gasteiger charge is -2.18. The summed E-state index contributed by atoms with van der Waals surface area (Å²) in [6, 6.07) is 4.86. The number of aryl methyl sites for hydroxylation is 1. The van der Waals surface area contributed by atoms with Gasteiger partial charge in [0.25, 0.3) is 0 Å². The summed E-state index contributed by atoms with van der Waals surface area (Å²) in [5.74, 6) is -3.28. The molecule has 0 fully saturated rings. The van der Waals surface area contributed by atoms with E-state index in [4.69, 9.17) is 14.6 Å². The Morgan fingerprint density at radius 3 is 2.50 bits per heavy atom. The van der Waals surface area contributed by atoms with Gasteiger partial charge in [0.1, 0.15) is 23.8 Å². The van der Waals surface area contributed by atoms with E-state index in [0.29, 0.717) is 28.9 Å². The van der Waals surface area contributed by atoms with Crippen LogP contribution in [0.1, 0.15) is 43.4 Å². The zero-order valence-corrected chi connectivity index (χ0v) is 15.7.